The Bertz CT molecular complexity index is 552. The molecule has 2 heterocycles. The van der Waals surface area contributed by atoms with E-state index in [4.69, 9.17) is 5.26 Å². The second kappa shape index (κ2) is 7.56. The van der Waals surface area contributed by atoms with E-state index in [1.807, 2.05) is 6.92 Å². The Morgan fingerprint density at radius 2 is 2.36 bits per heavy atom. The van der Waals surface area contributed by atoms with E-state index in [0.717, 1.165) is 30.5 Å². The first-order valence-corrected chi connectivity index (χ1v) is 8.41. The summed E-state index contributed by atoms with van der Waals surface area (Å²) in [6.07, 6.45) is 0.385. The predicted molar refractivity (Wildman–Crippen MR) is 88.0 cm³/mol. The van der Waals surface area contributed by atoms with Gasteiger partial charge in [-0.3, -0.25) is 9.69 Å². The highest BCUT2D eigenvalue weighted by atomic mass is 32.1. The van der Waals surface area contributed by atoms with Crippen LogP contribution in [0.5, 0.6) is 0 Å². The van der Waals surface area contributed by atoms with Crippen molar-refractivity contribution in [1.29, 1.82) is 5.26 Å². The van der Waals surface area contributed by atoms with Gasteiger partial charge in [-0.15, -0.1) is 11.3 Å². The quantitative estimate of drug-likeness (QED) is 0.819. The maximum Gasteiger partial charge on any atom is 0.236 e. The van der Waals surface area contributed by atoms with Crippen LogP contribution in [-0.2, 0) is 4.79 Å². The van der Waals surface area contributed by atoms with Gasteiger partial charge in [-0.2, -0.15) is 5.26 Å². The highest BCUT2D eigenvalue weighted by Crippen LogP contribution is 2.24. The molecule has 1 saturated heterocycles. The number of anilines is 1. The molecule has 6 nitrogen and oxygen atoms in total. The highest BCUT2D eigenvalue weighted by molar-refractivity contribution is 7.13. The second-order valence-electron chi connectivity index (χ2n) is 5.77. The van der Waals surface area contributed by atoms with Crippen molar-refractivity contribution in [3.05, 3.63) is 11.1 Å². The second-order valence-corrected chi connectivity index (χ2v) is 6.61. The van der Waals surface area contributed by atoms with Gasteiger partial charge in [-0.05, 0) is 13.8 Å². The molecular formula is C15H23N5OS. The molecule has 2 rings (SSSR count). The fourth-order valence-electron chi connectivity index (χ4n) is 2.59. The third-order valence-corrected chi connectivity index (χ3v) is 4.90. The highest BCUT2D eigenvalue weighted by Gasteiger charge is 2.27. The first-order valence-electron chi connectivity index (χ1n) is 7.53. The lowest BCUT2D eigenvalue weighted by Crippen LogP contribution is -2.54. The Labute approximate surface area is 135 Å². The molecule has 7 heteroatoms. The molecule has 0 unspecified atom stereocenters. The standard InChI is InChI=1S/C15H23N5OS/c1-12-11-22-15(17-12)20-8-7-19(9-13(20)2)10-14(21)18(3)6-4-5-16/h11,13H,4,6-10H2,1-3H3/t13-/m1/s1. The zero-order valence-electron chi connectivity index (χ0n) is 13.4. The summed E-state index contributed by atoms with van der Waals surface area (Å²) in [6.45, 7) is 7.73. The lowest BCUT2D eigenvalue weighted by Gasteiger charge is -2.39. The fourth-order valence-corrected chi connectivity index (χ4v) is 3.52. The summed E-state index contributed by atoms with van der Waals surface area (Å²) >= 11 is 1.68. The number of carbonyl (C=O) groups excluding carboxylic acids is 1. The maximum atomic E-state index is 12.1. The van der Waals surface area contributed by atoms with Crippen LogP contribution in [0, 0.1) is 18.3 Å². The zero-order chi connectivity index (χ0) is 16.1. The molecule has 0 saturated carbocycles. The van der Waals surface area contributed by atoms with Crippen molar-refractivity contribution < 1.29 is 4.79 Å². The molecule has 1 aromatic rings. The Morgan fingerprint density at radius 1 is 1.59 bits per heavy atom. The Balaban J connectivity index is 1.85. The number of piperazine rings is 1. The molecule has 0 spiro atoms. The van der Waals surface area contributed by atoms with E-state index in [9.17, 15) is 4.79 Å². The minimum absolute atomic E-state index is 0.0843. The van der Waals surface area contributed by atoms with Crippen molar-refractivity contribution in [1.82, 2.24) is 14.8 Å². The van der Waals surface area contributed by atoms with Crippen LogP contribution in [0.1, 0.15) is 19.0 Å². The minimum Gasteiger partial charge on any atom is -0.344 e. The monoisotopic (exact) mass is 321 g/mol. The molecule has 0 aliphatic carbocycles. The number of nitriles is 1. The molecule has 1 aliphatic heterocycles. The van der Waals surface area contributed by atoms with E-state index < -0.39 is 0 Å². The Morgan fingerprint density at radius 3 is 2.95 bits per heavy atom. The molecule has 1 aromatic heterocycles. The molecule has 0 bridgehead atoms. The van der Waals surface area contributed by atoms with E-state index in [1.165, 1.54) is 0 Å². The third-order valence-electron chi connectivity index (χ3n) is 3.91. The summed E-state index contributed by atoms with van der Waals surface area (Å²) in [7, 11) is 1.76. The van der Waals surface area contributed by atoms with E-state index in [2.05, 4.69) is 33.2 Å². The number of thiazole rings is 1. The van der Waals surface area contributed by atoms with Gasteiger partial charge in [0.2, 0.25) is 5.91 Å². The molecule has 22 heavy (non-hydrogen) atoms. The van der Waals surface area contributed by atoms with Crippen molar-refractivity contribution in [2.45, 2.75) is 26.3 Å². The van der Waals surface area contributed by atoms with E-state index in [1.54, 1.807) is 23.3 Å². The predicted octanol–water partition coefficient (Wildman–Crippen LogP) is 1.33. The summed E-state index contributed by atoms with van der Waals surface area (Å²) < 4.78 is 0. The molecule has 1 aliphatic rings. The summed E-state index contributed by atoms with van der Waals surface area (Å²) in [5.41, 5.74) is 1.06. The number of amides is 1. The van der Waals surface area contributed by atoms with Crippen LogP contribution in [0.25, 0.3) is 0 Å². The number of carbonyl (C=O) groups is 1. The van der Waals surface area contributed by atoms with E-state index in [0.29, 0.717) is 25.6 Å². The summed E-state index contributed by atoms with van der Waals surface area (Å²) in [5.74, 6) is 0.0843. The van der Waals surface area contributed by atoms with Gasteiger partial charge in [0.15, 0.2) is 5.13 Å². The first-order chi connectivity index (χ1) is 10.5. The lowest BCUT2D eigenvalue weighted by atomic mass is 10.2. The molecule has 1 amide bonds. The van der Waals surface area contributed by atoms with Gasteiger partial charge in [0.25, 0.3) is 0 Å². The first kappa shape index (κ1) is 16.7. The van der Waals surface area contributed by atoms with Crippen LogP contribution in [0.2, 0.25) is 0 Å². The molecule has 1 atom stereocenters. The van der Waals surface area contributed by atoms with Crippen molar-refractivity contribution in [2.75, 3.05) is 44.7 Å². The number of hydrogen-bond donors (Lipinski definition) is 0. The maximum absolute atomic E-state index is 12.1. The molecule has 0 aromatic carbocycles. The summed E-state index contributed by atoms with van der Waals surface area (Å²) in [4.78, 5) is 22.8. The number of aromatic nitrogens is 1. The van der Waals surface area contributed by atoms with Crippen molar-refractivity contribution in [3.63, 3.8) is 0 Å². The Hall–Kier alpha value is -1.65. The number of hydrogen-bond acceptors (Lipinski definition) is 6. The third kappa shape index (κ3) is 4.18. The van der Waals surface area contributed by atoms with E-state index >= 15 is 0 Å². The van der Waals surface area contributed by atoms with Gasteiger partial charge in [0.1, 0.15) is 0 Å². The van der Waals surface area contributed by atoms with Crippen LogP contribution < -0.4 is 4.90 Å². The van der Waals surface area contributed by atoms with Gasteiger partial charge in [0, 0.05) is 44.6 Å². The average Bonchev–Trinajstić information content (AvgIpc) is 2.91. The number of rotatable bonds is 5. The fraction of sp³-hybridized carbons (Fsp3) is 0.667. The SMILES string of the molecule is Cc1csc(N2CCN(CC(=O)N(C)CCC#N)C[C@H]2C)n1. The van der Waals surface area contributed by atoms with E-state index in [-0.39, 0.29) is 5.91 Å². The van der Waals surface area contributed by atoms with Crippen LogP contribution in [0.15, 0.2) is 5.38 Å². The number of likely N-dealkylation sites (N-methyl/N-ethyl adjacent to an activating group) is 1. The molecule has 120 valence electrons. The van der Waals surface area contributed by atoms with Gasteiger partial charge < -0.3 is 9.80 Å². The van der Waals surface area contributed by atoms with Crippen LogP contribution in [-0.4, -0.2) is 66.5 Å². The summed E-state index contributed by atoms with van der Waals surface area (Å²) in [6, 6.07) is 2.41. The number of nitrogens with zero attached hydrogens (tertiary/aromatic N) is 5. The van der Waals surface area contributed by atoms with Gasteiger partial charge >= 0.3 is 0 Å². The van der Waals surface area contributed by atoms with Crippen LogP contribution in [0.3, 0.4) is 0 Å². The molecular weight excluding hydrogens is 298 g/mol. The minimum atomic E-state index is 0.0843. The Kier molecular flexibility index (Phi) is 5.75. The van der Waals surface area contributed by atoms with Gasteiger partial charge in [-0.1, -0.05) is 0 Å². The molecule has 0 N–H and O–H groups in total. The normalized spacial score (nSPS) is 19.0. The van der Waals surface area contributed by atoms with Crippen LogP contribution in [0.4, 0.5) is 5.13 Å². The largest absolute Gasteiger partial charge is 0.344 e. The zero-order valence-corrected chi connectivity index (χ0v) is 14.3. The smallest absolute Gasteiger partial charge is 0.236 e. The van der Waals surface area contributed by atoms with Gasteiger partial charge in [-0.25, -0.2) is 4.98 Å². The summed E-state index contributed by atoms with van der Waals surface area (Å²) in [5, 5.41) is 11.7. The van der Waals surface area contributed by atoms with Crippen molar-refractivity contribution in [3.8, 4) is 6.07 Å². The molecule has 1 fully saturated rings. The van der Waals surface area contributed by atoms with Crippen molar-refractivity contribution in [2.24, 2.45) is 0 Å². The lowest BCUT2D eigenvalue weighted by molar-refractivity contribution is -0.131. The molecule has 0 radical (unpaired) electrons. The van der Waals surface area contributed by atoms with Crippen molar-refractivity contribution >= 4 is 22.4 Å². The number of aryl methyl sites for hydroxylation is 1. The average molecular weight is 321 g/mol. The van der Waals surface area contributed by atoms with Crippen LogP contribution >= 0.6 is 11.3 Å². The topological polar surface area (TPSA) is 63.5 Å². The van der Waals surface area contributed by atoms with Gasteiger partial charge in [0.05, 0.1) is 24.7 Å².